The minimum Gasteiger partial charge on any atom is -0.504 e. The van der Waals surface area contributed by atoms with Crippen LogP contribution in [0.1, 0.15) is 33.4 Å². The maximum Gasteiger partial charge on any atom is 0.291 e. The lowest BCUT2D eigenvalue weighted by atomic mass is 10.1. The summed E-state index contributed by atoms with van der Waals surface area (Å²) in [6.45, 7) is 1.67. The smallest absolute Gasteiger partial charge is 0.291 e. The maximum atomic E-state index is 12.1. The molecule has 0 saturated heterocycles. The van der Waals surface area contributed by atoms with Crippen LogP contribution in [0.4, 0.5) is 5.69 Å². The number of amides is 2. The van der Waals surface area contributed by atoms with E-state index in [0.717, 1.165) is 12.1 Å². The molecular formula is C20H17N3O6. The number of furan rings is 1. The topological polar surface area (TPSA) is 144 Å². The predicted molar refractivity (Wildman–Crippen MR) is 104 cm³/mol. The van der Waals surface area contributed by atoms with Gasteiger partial charge < -0.3 is 25.1 Å². The number of aromatic hydroxyl groups is 3. The molecule has 0 radical (unpaired) electrons. The molecule has 3 rings (SSSR count). The molecule has 0 spiro atoms. The number of carbonyl (C=O) groups excluding carboxylic acids is 2. The third-order valence-corrected chi connectivity index (χ3v) is 3.96. The van der Waals surface area contributed by atoms with Crippen molar-refractivity contribution in [3.8, 4) is 17.2 Å². The van der Waals surface area contributed by atoms with Crippen LogP contribution in [0.5, 0.6) is 17.2 Å². The van der Waals surface area contributed by atoms with Gasteiger partial charge in [-0.15, -0.1) is 0 Å². The van der Waals surface area contributed by atoms with Crippen LogP contribution in [0.15, 0.2) is 64.3 Å². The zero-order valence-corrected chi connectivity index (χ0v) is 15.2. The lowest BCUT2D eigenvalue weighted by Crippen LogP contribution is -2.19. The summed E-state index contributed by atoms with van der Waals surface area (Å²) in [4.78, 5) is 24.1. The van der Waals surface area contributed by atoms with E-state index in [9.17, 15) is 24.9 Å². The second-order valence-corrected chi connectivity index (χ2v) is 6.01. The van der Waals surface area contributed by atoms with Crippen molar-refractivity contribution >= 4 is 23.2 Å². The van der Waals surface area contributed by atoms with Gasteiger partial charge in [-0.3, -0.25) is 9.59 Å². The molecule has 5 N–H and O–H groups in total. The van der Waals surface area contributed by atoms with Crippen LogP contribution >= 0.6 is 0 Å². The molecule has 0 aliphatic rings. The van der Waals surface area contributed by atoms with Crippen LogP contribution in [0.25, 0.3) is 0 Å². The highest BCUT2D eigenvalue weighted by molar-refractivity contribution is 6.03. The highest BCUT2D eigenvalue weighted by Crippen LogP contribution is 2.35. The molecule has 9 nitrogen and oxygen atoms in total. The monoisotopic (exact) mass is 395 g/mol. The molecule has 0 atom stereocenters. The Morgan fingerprint density at radius 1 is 0.931 bits per heavy atom. The Kier molecular flexibility index (Phi) is 5.49. The molecular weight excluding hydrogens is 378 g/mol. The molecule has 0 fully saturated rings. The Hall–Kier alpha value is -4.27. The Bertz CT molecular complexity index is 1050. The zero-order valence-electron chi connectivity index (χ0n) is 15.2. The average Bonchev–Trinajstić information content (AvgIpc) is 3.25. The first-order valence-electron chi connectivity index (χ1n) is 8.40. The molecule has 0 aliphatic heterocycles. The number of rotatable bonds is 5. The van der Waals surface area contributed by atoms with E-state index < -0.39 is 23.2 Å². The van der Waals surface area contributed by atoms with Crippen molar-refractivity contribution in [3.05, 3.63) is 71.7 Å². The highest BCUT2D eigenvalue weighted by Gasteiger charge is 2.13. The van der Waals surface area contributed by atoms with Crippen molar-refractivity contribution < 1.29 is 29.3 Å². The number of nitrogens with zero attached hydrogens (tertiary/aromatic N) is 1. The largest absolute Gasteiger partial charge is 0.504 e. The summed E-state index contributed by atoms with van der Waals surface area (Å²) in [5.41, 5.74) is 3.95. The van der Waals surface area contributed by atoms with Crippen molar-refractivity contribution in [1.29, 1.82) is 0 Å². The first-order chi connectivity index (χ1) is 13.8. The average molecular weight is 395 g/mol. The van der Waals surface area contributed by atoms with Crippen LogP contribution in [0.2, 0.25) is 0 Å². The summed E-state index contributed by atoms with van der Waals surface area (Å²) in [6.07, 6.45) is 1.41. The van der Waals surface area contributed by atoms with E-state index in [2.05, 4.69) is 15.8 Å². The summed E-state index contributed by atoms with van der Waals surface area (Å²) in [6, 6.07) is 11.9. The SMILES string of the molecule is CC(=NNC(=O)c1cc(O)c(O)c(O)c1)c1ccc(NC(=O)c2ccco2)cc1. The molecule has 9 heteroatoms. The number of phenols is 3. The molecule has 148 valence electrons. The molecule has 0 aliphatic carbocycles. The van der Waals surface area contributed by atoms with Gasteiger partial charge in [-0.25, -0.2) is 5.43 Å². The van der Waals surface area contributed by atoms with Gasteiger partial charge in [0, 0.05) is 11.3 Å². The number of hydrogen-bond acceptors (Lipinski definition) is 7. The van der Waals surface area contributed by atoms with Crippen LogP contribution in [0.3, 0.4) is 0 Å². The van der Waals surface area contributed by atoms with Crippen LogP contribution in [0, 0.1) is 0 Å². The maximum absolute atomic E-state index is 12.1. The van der Waals surface area contributed by atoms with Gasteiger partial charge in [-0.05, 0) is 48.9 Å². The van der Waals surface area contributed by atoms with Crippen molar-refractivity contribution in [1.82, 2.24) is 5.43 Å². The minimum atomic E-state index is -0.708. The number of hydrogen-bond donors (Lipinski definition) is 5. The molecule has 0 saturated carbocycles. The Morgan fingerprint density at radius 2 is 1.59 bits per heavy atom. The van der Waals surface area contributed by atoms with Gasteiger partial charge in [0.2, 0.25) is 0 Å². The Labute approximate surface area is 164 Å². The lowest BCUT2D eigenvalue weighted by molar-refractivity contribution is 0.0952. The van der Waals surface area contributed by atoms with E-state index in [1.165, 1.54) is 6.26 Å². The molecule has 1 heterocycles. The van der Waals surface area contributed by atoms with Crippen LogP contribution < -0.4 is 10.7 Å². The molecule has 1 aromatic heterocycles. The van der Waals surface area contributed by atoms with Gasteiger partial charge in [0.05, 0.1) is 12.0 Å². The number of carbonyl (C=O) groups is 2. The first-order valence-corrected chi connectivity index (χ1v) is 8.40. The van der Waals surface area contributed by atoms with Gasteiger partial charge in [-0.1, -0.05) is 12.1 Å². The number of nitrogens with one attached hydrogen (secondary N) is 2. The Balaban J connectivity index is 1.65. The molecule has 0 bridgehead atoms. The minimum absolute atomic E-state index is 0.0784. The predicted octanol–water partition coefficient (Wildman–Crippen LogP) is 2.80. The van der Waals surface area contributed by atoms with Gasteiger partial charge in [-0.2, -0.15) is 5.10 Å². The third-order valence-electron chi connectivity index (χ3n) is 3.96. The Morgan fingerprint density at radius 3 is 2.17 bits per heavy atom. The molecule has 2 amide bonds. The standard InChI is InChI=1S/C20H17N3O6/c1-11(22-23-19(27)13-9-15(24)18(26)16(25)10-13)12-4-6-14(7-5-12)21-20(28)17-3-2-8-29-17/h2-10,24-26H,1H3,(H,21,28)(H,23,27). The van der Waals surface area contributed by atoms with Crippen LogP contribution in [-0.4, -0.2) is 32.8 Å². The van der Waals surface area contributed by atoms with Gasteiger partial charge >= 0.3 is 0 Å². The van der Waals surface area contributed by atoms with E-state index >= 15 is 0 Å². The number of benzene rings is 2. The fraction of sp³-hybridized carbons (Fsp3) is 0.0500. The van der Waals surface area contributed by atoms with Crippen molar-refractivity contribution in [2.24, 2.45) is 5.10 Å². The highest BCUT2D eigenvalue weighted by atomic mass is 16.3. The van der Waals surface area contributed by atoms with E-state index in [0.29, 0.717) is 17.0 Å². The quantitative estimate of drug-likeness (QED) is 0.255. The second-order valence-electron chi connectivity index (χ2n) is 6.01. The fourth-order valence-corrected chi connectivity index (χ4v) is 2.39. The summed E-state index contributed by atoms with van der Waals surface area (Å²) in [7, 11) is 0. The summed E-state index contributed by atoms with van der Waals surface area (Å²) < 4.78 is 5.03. The fourth-order valence-electron chi connectivity index (χ4n) is 2.39. The zero-order chi connectivity index (χ0) is 21.0. The van der Waals surface area contributed by atoms with E-state index in [4.69, 9.17) is 4.42 Å². The van der Waals surface area contributed by atoms with E-state index in [-0.39, 0.29) is 17.2 Å². The van der Waals surface area contributed by atoms with Crippen LogP contribution in [-0.2, 0) is 0 Å². The van der Waals surface area contributed by atoms with Crippen molar-refractivity contribution in [3.63, 3.8) is 0 Å². The van der Waals surface area contributed by atoms with Crippen molar-refractivity contribution in [2.45, 2.75) is 6.92 Å². The van der Waals surface area contributed by atoms with Gasteiger partial charge in [0.1, 0.15) is 0 Å². The number of hydrazone groups is 1. The number of phenolic OH excluding ortho intramolecular Hbond substituents is 3. The number of anilines is 1. The van der Waals surface area contributed by atoms with E-state index in [1.54, 1.807) is 43.3 Å². The van der Waals surface area contributed by atoms with Crippen molar-refractivity contribution in [2.75, 3.05) is 5.32 Å². The van der Waals surface area contributed by atoms with E-state index in [1.807, 2.05) is 0 Å². The van der Waals surface area contributed by atoms with Gasteiger partial charge in [0.25, 0.3) is 11.8 Å². The van der Waals surface area contributed by atoms with Gasteiger partial charge in [0.15, 0.2) is 23.0 Å². The summed E-state index contributed by atoms with van der Waals surface area (Å²) >= 11 is 0. The molecule has 3 aromatic rings. The molecule has 2 aromatic carbocycles. The molecule has 29 heavy (non-hydrogen) atoms. The summed E-state index contributed by atoms with van der Waals surface area (Å²) in [5, 5.41) is 34.9. The molecule has 0 unspecified atom stereocenters. The summed E-state index contributed by atoms with van der Waals surface area (Å²) in [5.74, 6) is -2.81. The second kappa shape index (κ2) is 8.17. The third kappa shape index (κ3) is 4.53. The first kappa shape index (κ1) is 19.5. The normalized spacial score (nSPS) is 11.1. The lowest BCUT2D eigenvalue weighted by Gasteiger charge is -2.07.